The van der Waals surface area contributed by atoms with Crippen LogP contribution in [0, 0.1) is 0 Å². The minimum atomic E-state index is -0.488. The van der Waals surface area contributed by atoms with Crippen LogP contribution in [0.2, 0.25) is 0 Å². The summed E-state index contributed by atoms with van der Waals surface area (Å²) in [5, 5.41) is 0. The molecule has 1 saturated heterocycles. The van der Waals surface area contributed by atoms with Gasteiger partial charge in [0.15, 0.2) is 4.67 Å². The average molecular weight is 302 g/mol. The fourth-order valence-corrected chi connectivity index (χ4v) is 2.00. The maximum atomic E-state index is 6.09. The van der Waals surface area contributed by atoms with Crippen LogP contribution in [0.3, 0.4) is 0 Å². The van der Waals surface area contributed by atoms with Gasteiger partial charge in [-0.25, -0.2) is 0 Å². The molecule has 1 atom stereocenters. The Balaban J connectivity index is 2.16. The van der Waals surface area contributed by atoms with Gasteiger partial charge in [-0.15, -0.1) is 0 Å². The summed E-state index contributed by atoms with van der Waals surface area (Å²) in [6.45, 7) is 7.99. The van der Waals surface area contributed by atoms with Crippen molar-refractivity contribution < 1.29 is 13.7 Å². The predicted molar refractivity (Wildman–Crippen MR) is 69.4 cm³/mol. The molecule has 1 aromatic heterocycles. The van der Waals surface area contributed by atoms with Crippen LogP contribution in [-0.2, 0) is 9.31 Å². The first-order valence-electron chi connectivity index (χ1n) is 5.59. The van der Waals surface area contributed by atoms with Crippen molar-refractivity contribution in [3.63, 3.8) is 0 Å². The second kappa shape index (κ2) is 4.12. The van der Waals surface area contributed by atoms with E-state index in [9.17, 15) is 0 Å². The van der Waals surface area contributed by atoms with Gasteiger partial charge in [-0.3, -0.25) is 0 Å². The fraction of sp³-hybridized carbons (Fsp3) is 0.636. The van der Waals surface area contributed by atoms with E-state index < -0.39 is 13.1 Å². The van der Waals surface area contributed by atoms with Gasteiger partial charge < -0.3 is 19.5 Å². The molecule has 0 bridgehead atoms. The van der Waals surface area contributed by atoms with Gasteiger partial charge in [0.25, 0.3) is 0 Å². The molecule has 0 amide bonds. The Bertz CT molecular complexity index is 403. The van der Waals surface area contributed by atoms with E-state index in [0.29, 0.717) is 10.4 Å². The molecule has 2 rings (SSSR count). The molecule has 0 aliphatic carbocycles. The minimum absolute atomic E-state index is 0.376. The van der Waals surface area contributed by atoms with Crippen molar-refractivity contribution in [1.82, 2.24) is 0 Å². The van der Waals surface area contributed by atoms with Crippen LogP contribution in [0.15, 0.2) is 21.2 Å². The number of hydrogen-bond acceptors (Lipinski definition) is 4. The van der Waals surface area contributed by atoms with Crippen LogP contribution >= 0.6 is 15.9 Å². The lowest BCUT2D eigenvalue weighted by Gasteiger charge is -2.32. The normalized spacial score (nSPS) is 24.0. The van der Waals surface area contributed by atoms with E-state index in [2.05, 4.69) is 15.9 Å². The van der Waals surface area contributed by atoms with E-state index >= 15 is 0 Å². The van der Waals surface area contributed by atoms with Crippen molar-refractivity contribution in [3.05, 3.63) is 22.6 Å². The first kappa shape index (κ1) is 13.1. The summed E-state index contributed by atoms with van der Waals surface area (Å²) < 4.78 is 17.8. The third-order valence-electron chi connectivity index (χ3n) is 3.49. The Morgan fingerprint density at radius 1 is 1.18 bits per heavy atom. The Morgan fingerprint density at radius 3 is 2.12 bits per heavy atom. The van der Waals surface area contributed by atoms with Crippen molar-refractivity contribution in [2.45, 2.75) is 44.8 Å². The van der Waals surface area contributed by atoms with E-state index in [1.807, 2.05) is 33.8 Å². The second-order valence-electron chi connectivity index (χ2n) is 5.29. The van der Waals surface area contributed by atoms with Crippen LogP contribution < -0.4 is 5.73 Å². The third-order valence-corrected chi connectivity index (χ3v) is 3.91. The number of rotatable bonds is 2. The summed E-state index contributed by atoms with van der Waals surface area (Å²) in [4.78, 5) is 0. The summed E-state index contributed by atoms with van der Waals surface area (Å²) in [6.07, 6.45) is 0. The Morgan fingerprint density at radius 2 is 1.71 bits per heavy atom. The zero-order valence-electron chi connectivity index (χ0n) is 10.5. The van der Waals surface area contributed by atoms with Crippen LogP contribution in [0.5, 0.6) is 0 Å². The maximum Gasteiger partial charge on any atom is 0.483 e. The molecule has 94 valence electrons. The lowest BCUT2D eigenvalue weighted by molar-refractivity contribution is 0.00578. The van der Waals surface area contributed by atoms with Gasteiger partial charge in [-0.1, -0.05) is 0 Å². The molecular formula is C11H17BBrNO3. The lowest BCUT2D eigenvalue weighted by atomic mass is 9.77. The first-order valence-corrected chi connectivity index (χ1v) is 6.39. The molecule has 0 saturated carbocycles. The van der Waals surface area contributed by atoms with E-state index in [1.165, 1.54) is 0 Å². The van der Waals surface area contributed by atoms with Gasteiger partial charge >= 0.3 is 7.12 Å². The van der Waals surface area contributed by atoms with Crippen molar-refractivity contribution in [1.29, 1.82) is 0 Å². The summed E-state index contributed by atoms with van der Waals surface area (Å²) in [5.74, 6) is 0.220. The number of furan rings is 1. The van der Waals surface area contributed by atoms with Crippen molar-refractivity contribution in [3.8, 4) is 0 Å². The zero-order chi connectivity index (χ0) is 12.8. The van der Waals surface area contributed by atoms with E-state index in [4.69, 9.17) is 19.5 Å². The van der Waals surface area contributed by atoms with Gasteiger partial charge in [0.05, 0.1) is 17.1 Å². The standard InChI is InChI=1S/C11H17BBrNO3/c1-10(2)11(3,4)17-12(16-10)9(14)7-5-6-8(13)15-7/h5-6,9H,14H2,1-4H3/t9-/m0/s1. The SMILES string of the molecule is CC1(C)OB([C@@H](N)c2ccc(Br)o2)OC1(C)C. The quantitative estimate of drug-likeness (QED) is 0.853. The third kappa shape index (κ3) is 2.31. The van der Waals surface area contributed by atoms with E-state index in [-0.39, 0.29) is 11.2 Å². The van der Waals surface area contributed by atoms with Gasteiger partial charge in [0.1, 0.15) is 5.76 Å². The number of halogens is 1. The summed E-state index contributed by atoms with van der Waals surface area (Å²) in [6, 6.07) is 3.63. The van der Waals surface area contributed by atoms with Crippen LogP contribution in [0.4, 0.5) is 0 Å². The molecule has 1 fully saturated rings. The second-order valence-corrected chi connectivity index (χ2v) is 6.07. The first-order chi connectivity index (χ1) is 7.73. The largest absolute Gasteiger partial charge is 0.483 e. The highest BCUT2D eigenvalue weighted by molar-refractivity contribution is 9.10. The van der Waals surface area contributed by atoms with Gasteiger partial charge in [0.2, 0.25) is 0 Å². The van der Waals surface area contributed by atoms with Crippen molar-refractivity contribution in [2.75, 3.05) is 0 Å². The Kier molecular flexibility index (Phi) is 3.19. The number of nitrogens with two attached hydrogens (primary N) is 1. The molecule has 0 radical (unpaired) electrons. The summed E-state index contributed by atoms with van der Waals surface area (Å²) in [5.41, 5.74) is 5.34. The molecule has 2 heterocycles. The Labute approximate surface area is 110 Å². The van der Waals surface area contributed by atoms with Crippen LogP contribution in [-0.4, -0.2) is 18.3 Å². The molecule has 17 heavy (non-hydrogen) atoms. The van der Waals surface area contributed by atoms with Gasteiger partial charge in [-0.05, 0) is 55.8 Å². The number of hydrogen-bond donors (Lipinski definition) is 1. The zero-order valence-corrected chi connectivity index (χ0v) is 12.1. The monoisotopic (exact) mass is 301 g/mol. The fourth-order valence-electron chi connectivity index (χ4n) is 1.68. The highest BCUT2D eigenvalue weighted by Crippen LogP contribution is 2.39. The molecule has 0 spiro atoms. The molecule has 2 N–H and O–H groups in total. The topological polar surface area (TPSA) is 57.6 Å². The summed E-state index contributed by atoms with van der Waals surface area (Å²) in [7, 11) is -0.488. The van der Waals surface area contributed by atoms with Crippen LogP contribution in [0.25, 0.3) is 0 Å². The van der Waals surface area contributed by atoms with Crippen molar-refractivity contribution >= 4 is 23.0 Å². The van der Waals surface area contributed by atoms with Gasteiger partial charge in [-0.2, -0.15) is 0 Å². The van der Waals surface area contributed by atoms with E-state index in [0.717, 1.165) is 0 Å². The molecule has 0 aromatic carbocycles. The molecule has 1 aliphatic rings. The van der Waals surface area contributed by atoms with Gasteiger partial charge in [0, 0.05) is 0 Å². The predicted octanol–water partition coefficient (Wildman–Crippen LogP) is 2.67. The van der Waals surface area contributed by atoms with Crippen molar-refractivity contribution in [2.24, 2.45) is 5.73 Å². The highest BCUT2D eigenvalue weighted by Gasteiger charge is 2.53. The smallest absolute Gasteiger partial charge is 0.453 e. The Hall–Kier alpha value is -0.295. The molecule has 1 aliphatic heterocycles. The molecule has 6 heteroatoms. The molecule has 4 nitrogen and oxygen atoms in total. The minimum Gasteiger partial charge on any atom is -0.453 e. The maximum absolute atomic E-state index is 6.09. The summed E-state index contributed by atoms with van der Waals surface area (Å²) >= 11 is 3.25. The van der Waals surface area contributed by atoms with Crippen LogP contribution in [0.1, 0.15) is 39.4 Å². The van der Waals surface area contributed by atoms with E-state index in [1.54, 1.807) is 6.07 Å². The molecular weight excluding hydrogens is 285 g/mol. The highest BCUT2D eigenvalue weighted by atomic mass is 79.9. The molecule has 0 unspecified atom stereocenters. The average Bonchev–Trinajstić information content (AvgIpc) is 2.69. The lowest BCUT2D eigenvalue weighted by Crippen LogP contribution is -2.41. The molecule has 1 aromatic rings.